The molecule has 0 unspecified atom stereocenters. The van der Waals surface area contributed by atoms with E-state index in [0.717, 1.165) is 16.9 Å². The molecule has 0 bridgehead atoms. The van der Waals surface area contributed by atoms with Gasteiger partial charge in [0, 0.05) is 17.8 Å². The maximum atomic E-state index is 13.4. The zero-order valence-electron chi connectivity index (χ0n) is 13.4. The van der Waals surface area contributed by atoms with Gasteiger partial charge in [0.25, 0.3) is 0 Å². The molecule has 0 aliphatic carbocycles. The van der Waals surface area contributed by atoms with Gasteiger partial charge in [-0.2, -0.15) is 0 Å². The van der Waals surface area contributed by atoms with Crippen molar-refractivity contribution in [2.24, 2.45) is 0 Å². The highest BCUT2D eigenvalue weighted by atomic mass is 19.1. The predicted octanol–water partition coefficient (Wildman–Crippen LogP) is 3.07. The van der Waals surface area contributed by atoms with Gasteiger partial charge in [0.15, 0.2) is 0 Å². The normalized spacial score (nSPS) is 16.4. The number of carbonyl (C=O) groups is 2. The number of amides is 2. The van der Waals surface area contributed by atoms with Crippen molar-refractivity contribution in [3.63, 3.8) is 0 Å². The Bertz CT molecular complexity index is 1010. The van der Waals surface area contributed by atoms with Crippen LogP contribution in [0.25, 0.3) is 11.0 Å². The molecule has 126 valence electrons. The van der Waals surface area contributed by atoms with Gasteiger partial charge in [-0.15, -0.1) is 0 Å². The van der Waals surface area contributed by atoms with Crippen LogP contribution in [0.15, 0.2) is 36.4 Å². The fraction of sp³-hybridized carbons (Fsp3) is 0.167. The number of carbonyl (C=O) groups excluding carboxylic acids is 2. The van der Waals surface area contributed by atoms with Crippen LogP contribution >= 0.6 is 0 Å². The van der Waals surface area contributed by atoms with Crippen LogP contribution in [0.4, 0.5) is 15.8 Å². The molecule has 2 heterocycles. The number of anilines is 2. The van der Waals surface area contributed by atoms with E-state index in [9.17, 15) is 14.0 Å². The van der Waals surface area contributed by atoms with Gasteiger partial charge in [-0.1, -0.05) is 6.07 Å². The first-order chi connectivity index (χ1) is 12.0. The standard InChI is InChI=1S/C18H15FN4O2/c1-9-20-14-5-3-11(7-16(14)21-9)22-18(25)13-8-17(24)23-15-6-10(19)2-4-12(13)15/h2-7,13H,8H2,1H3,(H,20,21)(H,22,25)(H,23,24)/t13-/m0/s1. The highest BCUT2D eigenvalue weighted by Gasteiger charge is 2.31. The number of benzene rings is 2. The molecular weight excluding hydrogens is 323 g/mol. The van der Waals surface area contributed by atoms with Crippen molar-refractivity contribution < 1.29 is 14.0 Å². The van der Waals surface area contributed by atoms with E-state index in [0.29, 0.717) is 16.9 Å². The lowest BCUT2D eigenvalue weighted by molar-refractivity contribution is -0.123. The van der Waals surface area contributed by atoms with Crippen LogP contribution in [-0.4, -0.2) is 21.8 Å². The Hall–Kier alpha value is -3.22. The third-order valence-electron chi connectivity index (χ3n) is 4.24. The average Bonchev–Trinajstić information content (AvgIpc) is 2.92. The lowest BCUT2D eigenvalue weighted by Gasteiger charge is -2.24. The highest BCUT2D eigenvalue weighted by Crippen LogP contribution is 2.33. The monoisotopic (exact) mass is 338 g/mol. The van der Waals surface area contributed by atoms with Gasteiger partial charge < -0.3 is 15.6 Å². The SMILES string of the molecule is Cc1nc2ccc(NC(=O)[C@H]3CC(=O)Nc4cc(F)ccc43)cc2[nH]1. The molecule has 3 aromatic rings. The molecule has 0 saturated carbocycles. The Balaban J connectivity index is 1.63. The van der Waals surface area contributed by atoms with Crippen molar-refractivity contribution >= 4 is 34.2 Å². The Morgan fingerprint density at radius 2 is 2.12 bits per heavy atom. The number of fused-ring (bicyclic) bond motifs is 2. The molecule has 2 amide bonds. The van der Waals surface area contributed by atoms with E-state index >= 15 is 0 Å². The minimum atomic E-state index is -0.663. The molecule has 2 aromatic carbocycles. The van der Waals surface area contributed by atoms with Crippen molar-refractivity contribution in [1.82, 2.24) is 9.97 Å². The van der Waals surface area contributed by atoms with Crippen LogP contribution in [0, 0.1) is 12.7 Å². The summed E-state index contributed by atoms with van der Waals surface area (Å²) in [6, 6.07) is 9.42. The van der Waals surface area contributed by atoms with Crippen molar-refractivity contribution in [2.45, 2.75) is 19.3 Å². The number of hydrogen-bond donors (Lipinski definition) is 3. The Morgan fingerprint density at radius 1 is 1.28 bits per heavy atom. The average molecular weight is 338 g/mol. The quantitative estimate of drug-likeness (QED) is 0.671. The summed E-state index contributed by atoms with van der Waals surface area (Å²) in [5.41, 5.74) is 3.19. The number of aryl methyl sites for hydroxylation is 1. The van der Waals surface area contributed by atoms with Gasteiger partial charge in [0.1, 0.15) is 11.6 Å². The number of hydrogen-bond acceptors (Lipinski definition) is 3. The fourth-order valence-corrected chi connectivity index (χ4v) is 3.12. The first kappa shape index (κ1) is 15.3. The summed E-state index contributed by atoms with van der Waals surface area (Å²) >= 11 is 0. The second-order valence-electron chi connectivity index (χ2n) is 6.08. The highest BCUT2D eigenvalue weighted by molar-refractivity contribution is 6.05. The number of halogens is 1. The van der Waals surface area contributed by atoms with Crippen molar-refractivity contribution in [3.05, 3.63) is 53.6 Å². The third-order valence-corrected chi connectivity index (χ3v) is 4.24. The third kappa shape index (κ3) is 2.84. The first-order valence-electron chi connectivity index (χ1n) is 7.86. The molecule has 4 rings (SSSR count). The molecule has 1 aliphatic heterocycles. The van der Waals surface area contributed by atoms with E-state index in [4.69, 9.17) is 0 Å². The molecule has 7 heteroatoms. The van der Waals surface area contributed by atoms with Gasteiger partial charge in [-0.05, 0) is 42.8 Å². The molecule has 25 heavy (non-hydrogen) atoms. The van der Waals surface area contributed by atoms with Gasteiger partial charge >= 0.3 is 0 Å². The molecule has 1 aliphatic rings. The summed E-state index contributed by atoms with van der Waals surface area (Å²) in [6.45, 7) is 1.86. The number of imidazole rings is 1. The number of nitrogens with zero attached hydrogens (tertiary/aromatic N) is 1. The summed E-state index contributed by atoms with van der Waals surface area (Å²) in [7, 11) is 0. The smallest absolute Gasteiger partial charge is 0.232 e. The zero-order valence-corrected chi connectivity index (χ0v) is 13.4. The van der Waals surface area contributed by atoms with E-state index in [2.05, 4.69) is 20.6 Å². The second kappa shape index (κ2) is 5.70. The second-order valence-corrected chi connectivity index (χ2v) is 6.08. The number of H-pyrrole nitrogens is 1. The molecule has 3 N–H and O–H groups in total. The van der Waals surface area contributed by atoms with Crippen molar-refractivity contribution in [3.8, 4) is 0 Å². The summed E-state index contributed by atoms with van der Waals surface area (Å²) in [4.78, 5) is 32.0. The number of rotatable bonds is 2. The zero-order chi connectivity index (χ0) is 17.6. The molecule has 1 aromatic heterocycles. The van der Waals surface area contributed by atoms with Crippen LogP contribution < -0.4 is 10.6 Å². The lowest BCUT2D eigenvalue weighted by atomic mass is 9.89. The maximum Gasteiger partial charge on any atom is 0.232 e. The Morgan fingerprint density at radius 3 is 2.96 bits per heavy atom. The van der Waals surface area contributed by atoms with E-state index in [1.807, 2.05) is 13.0 Å². The first-order valence-corrected chi connectivity index (χ1v) is 7.86. The summed E-state index contributed by atoms with van der Waals surface area (Å²) in [5.74, 6) is -0.946. The lowest BCUT2D eigenvalue weighted by Crippen LogP contribution is -2.30. The molecule has 0 saturated heterocycles. The van der Waals surface area contributed by atoms with E-state index in [1.165, 1.54) is 18.2 Å². The molecule has 0 spiro atoms. The van der Waals surface area contributed by atoms with Crippen molar-refractivity contribution in [1.29, 1.82) is 0 Å². The van der Waals surface area contributed by atoms with Crippen LogP contribution in [0.3, 0.4) is 0 Å². The van der Waals surface area contributed by atoms with Gasteiger partial charge in [-0.3, -0.25) is 9.59 Å². The molecular formula is C18H15FN4O2. The van der Waals surface area contributed by atoms with Crippen molar-refractivity contribution in [2.75, 3.05) is 10.6 Å². The Kier molecular flexibility index (Phi) is 3.49. The molecule has 1 atom stereocenters. The number of aromatic amines is 1. The predicted molar refractivity (Wildman–Crippen MR) is 91.8 cm³/mol. The van der Waals surface area contributed by atoms with E-state index in [-0.39, 0.29) is 18.2 Å². The van der Waals surface area contributed by atoms with E-state index < -0.39 is 11.7 Å². The van der Waals surface area contributed by atoms with Gasteiger partial charge in [0.05, 0.1) is 17.0 Å². The number of aromatic nitrogens is 2. The van der Waals surface area contributed by atoms with Gasteiger partial charge in [0.2, 0.25) is 11.8 Å². The fourth-order valence-electron chi connectivity index (χ4n) is 3.12. The van der Waals surface area contributed by atoms with Gasteiger partial charge in [-0.25, -0.2) is 9.37 Å². The Labute approximate surface area is 142 Å². The largest absolute Gasteiger partial charge is 0.342 e. The molecule has 0 radical (unpaired) electrons. The maximum absolute atomic E-state index is 13.4. The molecule has 0 fully saturated rings. The summed E-state index contributed by atoms with van der Waals surface area (Å²) < 4.78 is 13.4. The minimum Gasteiger partial charge on any atom is -0.342 e. The topological polar surface area (TPSA) is 86.9 Å². The minimum absolute atomic E-state index is 0.0237. The number of nitrogens with one attached hydrogen (secondary N) is 3. The van der Waals surface area contributed by atoms with Crippen LogP contribution in [0.5, 0.6) is 0 Å². The summed E-state index contributed by atoms with van der Waals surface area (Å²) in [5, 5.41) is 5.43. The van der Waals surface area contributed by atoms with Crippen LogP contribution in [0.2, 0.25) is 0 Å². The van der Waals surface area contributed by atoms with Crippen LogP contribution in [-0.2, 0) is 9.59 Å². The molecule has 6 nitrogen and oxygen atoms in total. The summed E-state index contributed by atoms with van der Waals surface area (Å²) in [6.07, 6.45) is 0.0237. The van der Waals surface area contributed by atoms with E-state index in [1.54, 1.807) is 12.1 Å². The van der Waals surface area contributed by atoms with Crippen LogP contribution in [0.1, 0.15) is 23.7 Å².